The Morgan fingerprint density at radius 2 is 1.94 bits per heavy atom. The monoisotopic (exact) mass is 247 g/mol. The van der Waals surface area contributed by atoms with Crippen molar-refractivity contribution in [3.05, 3.63) is 35.4 Å². The second-order valence-corrected chi connectivity index (χ2v) is 4.26. The Morgan fingerprint density at radius 3 is 2.56 bits per heavy atom. The predicted molar refractivity (Wildman–Crippen MR) is 63.2 cm³/mol. The minimum atomic E-state index is -1.39. The third-order valence-corrected chi connectivity index (χ3v) is 3.08. The Balaban J connectivity index is 2.51. The second-order valence-electron chi connectivity index (χ2n) is 4.26. The molecule has 0 aliphatic carbocycles. The van der Waals surface area contributed by atoms with Crippen molar-refractivity contribution in [2.45, 2.75) is 18.4 Å². The van der Waals surface area contributed by atoms with E-state index in [9.17, 15) is 14.4 Å². The number of benzene rings is 1. The molecule has 3 amide bonds. The quantitative estimate of drug-likeness (QED) is 0.604. The van der Waals surface area contributed by atoms with E-state index in [2.05, 4.69) is 5.32 Å². The van der Waals surface area contributed by atoms with Crippen molar-refractivity contribution in [3.63, 3.8) is 0 Å². The molecular formula is C12H13N3O3. The van der Waals surface area contributed by atoms with Crippen molar-refractivity contribution in [3.8, 4) is 0 Å². The number of rotatable bonds is 2. The van der Waals surface area contributed by atoms with Gasteiger partial charge in [-0.25, -0.2) is 0 Å². The highest BCUT2D eigenvalue weighted by Crippen LogP contribution is 2.29. The molecule has 1 unspecified atom stereocenters. The maximum absolute atomic E-state index is 11.9. The van der Waals surface area contributed by atoms with Crippen molar-refractivity contribution >= 4 is 17.7 Å². The largest absolute Gasteiger partial charge is 0.366 e. The number of piperidine rings is 1. The van der Waals surface area contributed by atoms with Crippen molar-refractivity contribution in [2.24, 2.45) is 11.5 Å². The lowest BCUT2D eigenvalue weighted by atomic mass is 9.80. The summed E-state index contributed by atoms with van der Waals surface area (Å²) in [5, 5.41) is 2.18. The Morgan fingerprint density at radius 1 is 1.28 bits per heavy atom. The molecule has 1 aromatic rings. The van der Waals surface area contributed by atoms with E-state index >= 15 is 0 Å². The molecule has 0 radical (unpaired) electrons. The summed E-state index contributed by atoms with van der Waals surface area (Å²) in [5.41, 5.74) is 10.5. The number of imide groups is 1. The number of nitrogens with two attached hydrogens (primary N) is 2. The number of nitrogens with one attached hydrogen (secondary N) is 1. The predicted octanol–water partition coefficient (Wildman–Crippen LogP) is -0.624. The molecule has 0 aromatic heterocycles. The molecule has 5 N–H and O–H groups in total. The molecule has 1 saturated heterocycles. The zero-order chi connectivity index (χ0) is 13.3. The summed E-state index contributed by atoms with van der Waals surface area (Å²) >= 11 is 0. The molecule has 1 atom stereocenters. The van der Waals surface area contributed by atoms with Gasteiger partial charge < -0.3 is 11.5 Å². The number of hydrogen-bond acceptors (Lipinski definition) is 4. The molecule has 0 spiro atoms. The van der Waals surface area contributed by atoms with Gasteiger partial charge in [0.1, 0.15) is 5.54 Å². The number of amides is 3. The maximum atomic E-state index is 11.9. The van der Waals surface area contributed by atoms with Gasteiger partial charge in [0.05, 0.1) is 0 Å². The molecule has 6 heteroatoms. The lowest BCUT2D eigenvalue weighted by molar-refractivity contribution is -0.137. The molecule has 1 fully saturated rings. The van der Waals surface area contributed by atoms with Crippen LogP contribution >= 0.6 is 0 Å². The van der Waals surface area contributed by atoms with E-state index in [0.29, 0.717) is 5.56 Å². The lowest BCUT2D eigenvalue weighted by Crippen LogP contribution is -2.57. The Hall–Kier alpha value is -2.21. The summed E-state index contributed by atoms with van der Waals surface area (Å²) in [6.07, 6.45) is 0.289. The van der Waals surface area contributed by atoms with E-state index in [1.54, 1.807) is 18.2 Å². The van der Waals surface area contributed by atoms with E-state index in [1.165, 1.54) is 6.07 Å². The van der Waals surface area contributed by atoms with Gasteiger partial charge in [0.15, 0.2) is 0 Å². The first-order chi connectivity index (χ1) is 8.45. The fourth-order valence-corrected chi connectivity index (χ4v) is 2.07. The van der Waals surface area contributed by atoms with Crippen molar-refractivity contribution < 1.29 is 14.4 Å². The highest BCUT2D eigenvalue weighted by atomic mass is 16.2. The Bertz CT molecular complexity index is 541. The third-order valence-electron chi connectivity index (χ3n) is 3.08. The van der Waals surface area contributed by atoms with Crippen LogP contribution in [0, 0.1) is 0 Å². The van der Waals surface area contributed by atoms with Crippen LogP contribution in [-0.2, 0) is 15.1 Å². The minimum Gasteiger partial charge on any atom is -0.366 e. The average Bonchev–Trinajstić information content (AvgIpc) is 2.34. The summed E-state index contributed by atoms with van der Waals surface area (Å²) in [6.45, 7) is 0. The van der Waals surface area contributed by atoms with Crippen LogP contribution in [0.5, 0.6) is 0 Å². The molecule has 1 heterocycles. The smallest absolute Gasteiger partial charge is 0.251 e. The number of primary amides is 1. The lowest BCUT2D eigenvalue weighted by Gasteiger charge is -2.32. The van der Waals surface area contributed by atoms with E-state index in [1.807, 2.05) is 0 Å². The molecule has 18 heavy (non-hydrogen) atoms. The van der Waals surface area contributed by atoms with E-state index in [4.69, 9.17) is 11.5 Å². The second kappa shape index (κ2) is 4.23. The SMILES string of the molecule is NC(=O)c1ccccc1C1(N)CCC(=O)NC1=O. The average molecular weight is 247 g/mol. The van der Waals surface area contributed by atoms with Gasteiger partial charge in [-0.1, -0.05) is 18.2 Å². The van der Waals surface area contributed by atoms with Gasteiger partial charge in [0, 0.05) is 12.0 Å². The molecule has 2 rings (SSSR count). The topological polar surface area (TPSA) is 115 Å². The molecule has 1 aliphatic heterocycles. The fourth-order valence-electron chi connectivity index (χ4n) is 2.07. The Kier molecular flexibility index (Phi) is 2.88. The summed E-state index contributed by atoms with van der Waals surface area (Å²) in [4.78, 5) is 34.4. The van der Waals surface area contributed by atoms with Crippen LogP contribution in [0.25, 0.3) is 0 Å². The maximum Gasteiger partial charge on any atom is 0.251 e. The number of carbonyl (C=O) groups excluding carboxylic acids is 3. The molecule has 1 aliphatic rings. The van der Waals surface area contributed by atoms with Crippen LogP contribution in [0.1, 0.15) is 28.8 Å². The van der Waals surface area contributed by atoms with Gasteiger partial charge in [-0.3, -0.25) is 19.7 Å². The number of hydrogen-bond donors (Lipinski definition) is 3. The summed E-state index contributed by atoms with van der Waals surface area (Å²) < 4.78 is 0. The van der Waals surface area contributed by atoms with Crippen LogP contribution in [0.15, 0.2) is 24.3 Å². The van der Waals surface area contributed by atoms with Gasteiger partial charge in [-0.2, -0.15) is 0 Å². The normalized spacial score (nSPS) is 23.6. The van der Waals surface area contributed by atoms with E-state index in [0.717, 1.165) is 0 Å². The van der Waals surface area contributed by atoms with Crippen molar-refractivity contribution in [1.29, 1.82) is 0 Å². The Labute approximate surface area is 103 Å². The molecule has 6 nitrogen and oxygen atoms in total. The molecule has 0 bridgehead atoms. The van der Waals surface area contributed by atoms with Crippen LogP contribution in [-0.4, -0.2) is 17.7 Å². The fraction of sp³-hybridized carbons (Fsp3) is 0.250. The first kappa shape index (κ1) is 12.3. The van der Waals surface area contributed by atoms with Gasteiger partial charge >= 0.3 is 0 Å². The standard InChI is InChI=1S/C12H13N3O3/c13-10(17)7-3-1-2-4-8(7)12(14)6-5-9(16)15-11(12)18/h1-4H,5-6,14H2,(H2,13,17)(H,15,16,18). The van der Waals surface area contributed by atoms with Crippen LogP contribution < -0.4 is 16.8 Å². The highest BCUT2D eigenvalue weighted by Gasteiger charge is 2.42. The molecule has 1 aromatic carbocycles. The summed E-state index contributed by atoms with van der Waals surface area (Å²) in [7, 11) is 0. The first-order valence-electron chi connectivity index (χ1n) is 5.47. The minimum absolute atomic E-state index is 0.134. The summed E-state index contributed by atoms with van der Waals surface area (Å²) in [6, 6.07) is 6.39. The third kappa shape index (κ3) is 1.86. The number of carbonyl (C=O) groups is 3. The molecular weight excluding hydrogens is 234 g/mol. The van der Waals surface area contributed by atoms with Crippen LogP contribution in [0.4, 0.5) is 0 Å². The zero-order valence-corrected chi connectivity index (χ0v) is 9.60. The van der Waals surface area contributed by atoms with Crippen molar-refractivity contribution in [1.82, 2.24) is 5.32 Å². The van der Waals surface area contributed by atoms with Crippen LogP contribution in [0.2, 0.25) is 0 Å². The van der Waals surface area contributed by atoms with Crippen LogP contribution in [0.3, 0.4) is 0 Å². The molecule has 0 saturated carbocycles. The van der Waals surface area contributed by atoms with Gasteiger partial charge in [0.2, 0.25) is 11.8 Å². The first-order valence-corrected chi connectivity index (χ1v) is 5.47. The van der Waals surface area contributed by atoms with E-state index < -0.39 is 17.4 Å². The summed E-state index contributed by atoms with van der Waals surface area (Å²) in [5.74, 6) is -1.62. The van der Waals surface area contributed by atoms with E-state index in [-0.39, 0.29) is 24.3 Å². The van der Waals surface area contributed by atoms with Gasteiger partial charge in [-0.05, 0) is 18.1 Å². The highest BCUT2D eigenvalue weighted by molar-refractivity contribution is 6.05. The van der Waals surface area contributed by atoms with Gasteiger partial charge in [0.25, 0.3) is 5.91 Å². The zero-order valence-electron chi connectivity index (χ0n) is 9.60. The van der Waals surface area contributed by atoms with Crippen molar-refractivity contribution in [2.75, 3.05) is 0 Å². The van der Waals surface area contributed by atoms with Gasteiger partial charge in [-0.15, -0.1) is 0 Å². The molecule has 94 valence electrons.